The van der Waals surface area contributed by atoms with E-state index in [1.807, 2.05) is 0 Å². The lowest BCUT2D eigenvalue weighted by molar-refractivity contribution is -0.152. The average Bonchev–Trinajstić information content (AvgIpc) is 2.56. The predicted molar refractivity (Wildman–Crippen MR) is 91.6 cm³/mol. The molecule has 0 fully saturated rings. The van der Waals surface area contributed by atoms with Crippen molar-refractivity contribution in [3.8, 4) is 0 Å². The molecule has 0 aromatic carbocycles. The minimum absolute atomic E-state index is 0.0500. The maximum absolute atomic E-state index is 11.6. The molecule has 0 radical (unpaired) electrons. The Morgan fingerprint density at radius 3 is 1.96 bits per heavy atom. The first-order chi connectivity index (χ1) is 11.2. The van der Waals surface area contributed by atoms with Gasteiger partial charge in [0, 0.05) is 6.42 Å². The molecule has 1 unspecified atom stereocenters. The largest absolute Gasteiger partial charge is 0.457 e. The molecular formula is C17H33O5P. The molecule has 5 nitrogen and oxygen atoms in total. The van der Waals surface area contributed by atoms with E-state index in [0.29, 0.717) is 6.42 Å². The molecule has 0 heterocycles. The summed E-state index contributed by atoms with van der Waals surface area (Å²) in [6.07, 6.45) is 13.2. The number of carbonyl (C=O) groups excluding carboxylic acids is 1. The lowest BCUT2D eigenvalue weighted by atomic mass is 10.1. The third-order valence-electron chi connectivity index (χ3n) is 3.80. The van der Waals surface area contributed by atoms with Crippen molar-refractivity contribution in [2.24, 2.45) is 0 Å². The summed E-state index contributed by atoms with van der Waals surface area (Å²) in [5, 5.41) is 9.00. The van der Waals surface area contributed by atoms with Gasteiger partial charge in [0.2, 0.25) is 0 Å². The quantitative estimate of drug-likeness (QED) is 0.232. The number of unbranched alkanes of at least 4 members (excludes halogenated alkanes) is 10. The van der Waals surface area contributed by atoms with Crippen LogP contribution in [0.1, 0.15) is 84.0 Å². The Balaban J connectivity index is 3.36. The number of aliphatic hydroxyl groups excluding tert-OH is 1. The lowest BCUT2D eigenvalue weighted by Gasteiger charge is -2.13. The predicted octanol–water partition coefficient (Wildman–Crippen LogP) is 4.81. The van der Waals surface area contributed by atoms with Crippen LogP contribution in [0.25, 0.3) is 0 Å². The number of rotatable bonds is 17. The third kappa shape index (κ3) is 16.1. The Bertz CT molecular complexity index is 286. The van der Waals surface area contributed by atoms with Crippen LogP contribution in [0.3, 0.4) is 0 Å². The van der Waals surface area contributed by atoms with Crippen molar-refractivity contribution in [1.29, 1.82) is 0 Å². The summed E-state index contributed by atoms with van der Waals surface area (Å²) in [5.41, 5.74) is 0. The summed E-state index contributed by atoms with van der Waals surface area (Å²) >= 11 is 0. The summed E-state index contributed by atoms with van der Waals surface area (Å²) < 4.78 is 19.8. The highest BCUT2D eigenvalue weighted by atomic mass is 31.1. The highest BCUT2D eigenvalue weighted by Crippen LogP contribution is 2.12. The minimum atomic E-state index is -0.725. The molecular weight excluding hydrogens is 315 g/mol. The molecule has 1 atom stereocenters. The molecule has 0 saturated carbocycles. The highest BCUT2D eigenvalue weighted by molar-refractivity contribution is 7.17. The van der Waals surface area contributed by atoms with Crippen molar-refractivity contribution in [1.82, 2.24) is 0 Å². The van der Waals surface area contributed by atoms with Crippen LogP contribution < -0.4 is 0 Å². The first-order valence-electron chi connectivity index (χ1n) is 8.99. The highest BCUT2D eigenvalue weighted by Gasteiger charge is 2.13. The average molecular weight is 348 g/mol. The van der Waals surface area contributed by atoms with Crippen LogP contribution in [0, 0.1) is 0 Å². The second kappa shape index (κ2) is 17.8. The topological polar surface area (TPSA) is 72.8 Å². The molecule has 0 spiro atoms. The van der Waals surface area contributed by atoms with Gasteiger partial charge in [-0.2, -0.15) is 0 Å². The van der Waals surface area contributed by atoms with Crippen LogP contribution in [0.2, 0.25) is 0 Å². The van der Waals surface area contributed by atoms with Crippen molar-refractivity contribution in [2.75, 3.05) is 13.2 Å². The van der Waals surface area contributed by atoms with Gasteiger partial charge in [-0.15, -0.1) is 0 Å². The third-order valence-corrected chi connectivity index (χ3v) is 4.05. The zero-order valence-corrected chi connectivity index (χ0v) is 15.4. The molecule has 0 amide bonds. The Kier molecular flexibility index (Phi) is 17.4. The van der Waals surface area contributed by atoms with Crippen LogP contribution in [0.4, 0.5) is 0 Å². The Labute approximate surface area is 142 Å². The van der Waals surface area contributed by atoms with E-state index in [0.717, 1.165) is 19.3 Å². The van der Waals surface area contributed by atoms with Crippen molar-refractivity contribution in [3.63, 3.8) is 0 Å². The van der Waals surface area contributed by atoms with Gasteiger partial charge in [0.25, 0.3) is 0 Å². The van der Waals surface area contributed by atoms with Crippen LogP contribution in [-0.2, 0) is 18.6 Å². The summed E-state index contributed by atoms with van der Waals surface area (Å²) in [6.45, 7) is 1.87. The Hall–Kier alpha value is -0.510. The number of aliphatic hydroxyl groups is 1. The van der Waals surface area contributed by atoms with Crippen molar-refractivity contribution in [3.05, 3.63) is 0 Å². The monoisotopic (exact) mass is 348 g/mol. The molecule has 0 saturated heterocycles. The van der Waals surface area contributed by atoms with E-state index >= 15 is 0 Å². The number of hydrogen-bond acceptors (Lipinski definition) is 5. The van der Waals surface area contributed by atoms with Gasteiger partial charge >= 0.3 is 14.7 Å². The van der Waals surface area contributed by atoms with Gasteiger partial charge in [-0.25, -0.2) is 4.57 Å². The van der Waals surface area contributed by atoms with Gasteiger partial charge in [-0.05, 0) is 6.42 Å². The zero-order valence-electron chi connectivity index (χ0n) is 14.5. The molecule has 0 rings (SSSR count). The van der Waals surface area contributed by atoms with Crippen LogP contribution in [-0.4, -0.2) is 30.4 Å². The zero-order chi connectivity index (χ0) is 17.2. The first-order valence-corrected chi connectivity index (χ1v) is 9.72. The normalized spacial score (nSPS) is 12.4. The van der Waals surface area contributed by atoms with Gasteiger partial charge in [-0.3, -0.25) is 9.32 Å². The molecule has 0 aliphatic heterocycles. The molecule has 0 aliphatic rings. The summed E-state index contributed by atoms with van der Waals surface area (Å²) in [4.78, 5) is 11.6. The Morgan fingerprint density at radius 1 is 0.957 bits per heavy atom. The van der Waals surface area contributed by atoms with Gasteiger partial charge in [-0.1, -0.05) is 71.1 Å². The second-order valence-corrected chi connectivity index (χ2v) is 6.36. The molecule has 0 aliphatic carbocycles. The number of carbonyl (C=O) groups is 1. The molecule has 1 N–H and O–H groups in total. The number of esters is 1. The number of hydrogen-bond donors (Lipinski definition) is 1. The fourth-order valence-electron chi connectivity index (χ4n) is 2.42. The van der Waals surface area contributed by atoms with E-state index in [1.54, 1.807) is 0 Å². The van der Waals surface area contributed by atoms with Crippen molar-refractivity contribution >= 4 is 14.7 Å². The fraction of sp³-hybridized carbons (Fsp3) is 0.941. The van der Waals surface area contributed by atoms with E-state index in [-0.39, 0.29) is 19.2 Å². The van der Waals surface area contributed by atoms with E-state index < -0.39 is 14.8 Å². The summed E-state index contributed by atoms with van der Waals surface area (Å²) in [6, 6.07) is 0. The maximum atomic E-state index is 11.6. The van der Waals surface area contributed by atoms with Crippen molar-refractivity contribution in [2.45, 2.75) is 90.1 Å². The van der Waals surface area contributed by atoms with Crippen LogP contribution in [0.5, 0.6) is 0 Å². The van der Waals surface area contributed by atoms with Gasteiger partial charge < -0.3 is 9.84 Å². The summed E-state index contributed by atoms with van der Waals surface area (Å²) in [7, 11) is -0.473. The molecule has 23 heavy (non-hydrogen) atoms. The maximum Gasteiger partial charge on any atom is 0.327 e. The molecule has 0 aromatic heterocycles. The molecule has 0 aromatic rings. The summed E-state index contributed by atoms with van der Waals surface area (Å²) in [5.74, 6) is -0.328. The van der Waals surface area contributed by atoms with Gasteiger partial charge in [0.05, 0.1) is 13.2 Å². The van der Waals surface area contributed by atoms with Crippen molar-refractivity contribution < 1.29 is 23.7 Å². The minimum Gasteiger partial charge on any atom is -0.457 e. The van der Waals surface area contributed by atoms with Crippen LogP contribution >= 0.6 is 8.69 Å². The molecule has 0 bridgehead atoms. The lowest BCUT2D eigenvalue weighted by Crippen LogP contribution is -2.25. The SMILES string of the molecule is CCCCCCCCCCCCCC(=O)OC(CO)COP=O. The Morgan fingerprint density at radius 2 is 1.48 bits per heavy atom. The first kappa shape index (κ1) is 22.5. The van der Waals surface area contributed by atoms with E-state index in [1.165, 1.54) is 51.4 Å². The van der Waals surface area contributed by atoms with E-state index in [2.05, 4.69) is 11.4 Å². The molecule has 6 heteroatoms. The standard InChI is InChI=1S/C17H33O5P/c1-2-3-4-5-6-7-8-9-10-11-12-13-17(19)22-16(14-18)15-21-23-20/h16,18H,2-15H2,1H3. The second-order valence-electron chi connectivity index (χ2n) is 5.95. The van der Waals surface area contributed by atoms with E-state index in [9.17, 15) is 9.36 Å². The molecule has 136 valence electrons. The van der Waals surface area contributed by atoms with Gasteiger partial charge in [0.15, 0.2) is 0 Å². The van der Waals surface area contributed by atoms with Gasteiger partial charge in [0.1, 0.15) is 6.10 Å². The van der Waals surface area contributed by atoms with E-state index in [4.69, 9.17) is 9.84 Å². The van der Waals surface area contributed by atoms with Crippen LogP contribution in [0.15, 0.2) is 0 Å². The number of ether oxygens (including phenoxy) is 1. The smallest absolute Gasteiger partial charge is 0.327 e. The fourth-order valence-corrected chi connectivity index (χ4v) is 2.64.